The lowest BCUT2D eigenvalue weighted by atomic mass is 10.1. The van der Waals surface area contributed by atoms with E-state index in [1.54, 1.807) is 0 Å². The van der Waals surface area contributed by atoms with Crippen LogP contribution in [0.4, 0.5) is 0 Å². The number of rotatable bonds is 10. The first-order chi connectivity index (χ1) is 9.61. The number of unbranched alkanes of at least 4 members (excludes halogenated alkanes) is 3. The van der Waals surface area contributed by atoms with Gasteiger partial charge in [0.25, 0.3) is 0 Å². The van der Waals surface area contributed by atoms with Gasteiger partial charge in [-0.15, -0.1) is 0 Å². The van der Waals surface area contributed by atoms with E-state index < -0.39 is 0 Å². The summed E-state index contributed by atoms with van der Waals surface area (Å²) in [5, 5.41) is 3.60. The molecule has 2 heteroatoms. The number of hydrogen-bond donors (Lipinski definition) is 1. The second-order valence-corrected chi connectivity index (χ2v) is 5.95. The van der Waals surface area contributed by atoms with Crippen LogP contribution in [-0.4, -0.2) is 12.1 Å². The zero-order valence-corrected chi connectivity index (χ0v) is 13.6. The summed E-state index contributed by atoms with van der Waals surface area (Å²) in [6, 6.07) is 8.97. The fourth-order valence-corrected chi connectivity index (χ4v) is 2.27. The summed E-state index contributed by atoms with van der Waals surface area (Å²) in [7, 11) is 0. The standard InChI is InChI=1S/C18H31NO/c1-5-6-7-8-10-16(4)19-14-17-11-9-12-18(13-17)20-15(2)3/h9,11-13,15-16,19H,5-8,10,14H2,1-4H3. The highest BCUT2D eigenvalue weighted by Crippen LogP contribution is 2.15. The monoisotopic (exact) mass is 277 g/mol. The Bertz CT molecular complexity index is 362. The Balaban J connectivity index is 2.30. The van der Waals surface area contributed by atoms with E-state index in [1.165, 1.54) is 37.7 Å². The number of nitrogens with one attached hydrogen (secondary N) is 1. The van der Waals surface area contributed by atoms with Crippen LogP contribution in [0.25, 0.3) is 0 Å². The van der Waals surface area contributed by atoms with Crippen LogP contribution in [0.2, 0.25) is 0 Å². The molecule has 1 unspecified atom stereocenters. The highest BCUT2D eigenvalue weighted by molar-refractivity contribution is 5.28. The fraction of sp³-hybridized carbons (Fsp3) is 0.667. The van der Waals surface area contributed by atoms with Crippen molar-refractivity contribution in [1.29, 1.82) is 0 Å². The highest BCUT2D eigenvalue weighted by atomic mass is 16.5. The molecule has 1 aromatic carbocycles. The minimum atomic E-state index is 0.232. The predicted molar refractivity (Wildman–Crippen MR) is 87.3 cm³/mol. The summed E-state index contributed by atoms with van der Waals surface area (Å²) < 4.78 is 5.73. The molecule has 0 fully saturated rings. The molecule has 0 amide bonds. The van der Waals surface area contributed by atoms with Crippen molar-refractivity contribution >= 4 is 0 Å². The molecule has 1 N–H and O–H groups in total. The first-order valence-electron chi connectivity index (χ1n) is 8.10. The average molecular weight is 277 g/mol. The summed E-state index contributed by atoms with van der Waals surface area (Å²) in [5.41, 5.74) is 1.29. The molecule has 0 saturated carbocycles. The van der Waals surface area contributed by atoms with Gasteiger partial charge in [0.1, 0.15) is 5.75 Å². The maximum Gasteiger partial charge on any atom is 0.120 e. The molecule has 0 spiro atoms. The minimum Gasteiger partial charge on any atom is -0.491 e. The van der Waals surface area contributed by atoms with E-state index in [1.807, 2.05) is 6.07 Å². The Morgan fingerprint density at radius 3 is 2.60 bits per heavy atom. The van der Waals surface area contributed by atoms with E-state index in [0.29, 0.717) is 6.04 Å². The van der Waals surface area contributed by atoms with Gasteiger partial charge >= 0.3 is 0 Å². The van der Waals surface area contributed by atoms with Crippen LogP contribution in [0.15, 0.2) is 24.3 Å². The van der Waals surface area contributed by atoms with E-state index >= 15 is 0 Å². The summed E-state index contributed by atoms with van der Waals surface area (Å²) >= 11 is 0. The zero-order valence-electron chi connectivity index (χ0n) is 13.6. The molecular formula is C18H31NO. The second-order valence-electron chi connectivity index (χ2n) is 5.95. The summed E-state index contributed by atoms with van der Waals surface area (Å²) in [6.07, 6.45) is 6.86. The molecule has 1 aromatic rings. The molecule has 0 aliphatic rings. The van der Waals surface area contributed by atoms with Crippen molar-refractivity contribution < 1.29 is 4.74 Å². The Morgan fingerprint density at radius 1 is 1.10 bits per heavy atom. The van der Waals surface area contributed by atoms with Crippen molar-refractivity contribution in [3.05, 3.63) is 29.8 Å². The molecule has 0 aliphatic heterocycles. The van der Waals surface area contributed by atoms with E-state index in [2.05, 4.69) is 51.2 Å². The van der Waals surface area contributed by atoms with E-state index in [9.17, 15) is 0 Å². The highest BCUT2D eigenvalue weighted by Gasteiger charge is 2.03. The van der Waals surface area contributed by atoms with Gasteiger partial charge in [0, 0.05) is 12.6 Å². The third-order valence-corrected chi connectivity index (χ3v) is 3.42. The molecule has 0 saturated heterocycles. The first kappa shape index (κ1) is 17.0. The molecule has 20 heavy (non-hydrogen) atoms. The van der Waals surface area contributed by atoms with Gasteiger partial charge in [0.15, 0.2) is 0 Å². The normalized spacial score (nSPS) is 12.7. The Labute approximate surface area is 124 Å². The van der Waals surface area contributed by atoms with Gasteiger partial charge in [-0.05, 0) is 44.9 Å². The molecule has 0 bridgehead atoms. The number of benzene rings is 1. The van der Waals surface area contributed by atoms with Crippen LogP contribution < -0.4 is 10.1 Å². The lowest BCUT2D eigenvalue weighted by Crippen LogP contribution is -2.25. The molecule has 0 radical (unpaired) electrons. The smallest absolute Gasteiger partial charge is 0.120 e. The Morgan fingerprint density at radius 2 is 1.90 bits per heavy atom. The predicted octanol–water partition coefficient (Wildman–Crippen LogP) is 4.92. The van der Waals surface area contributed by atoms with Crippen LogP contribution >= 0.6 is 0 Å². The number of hydrogen-bond acceptors (Lipinski definition) is 2. The van der Waals surface area contributed by atoms with Gasteiger partial charge in [-0.3, -0.25) is 0 Å². The van der Waals surface area contributed by atoms with Gasteiger partial charge < -0.3 is 10.1 Å². The van der Waals surface area contributed by atoms with Gasteiger partial charge in [0.05, 0.1) is 6.10 Å². The van der Waals surface area contributed by atoms with Crippen LogP contribution in [0.1, 0.15) is 65.4 Å². The van der Waals surface area contributed by atoms with Gasteiger partial charge in [-0.1, -0.05) is 44.7 Å². The third-order valence-electron chi connectivity index (χ3n) is 3.42. The summed E-state index contributed by atoms with van der Waals surface area (Å²) in [6.45, 7) is 9.57. The van der Waals surface area contributed by atoms with Crippen LogP contribution in [0.3, 0.4) is 0 Å². The lowest BCUT2D eigenvalue weighted by Gasteiger charge is -2.15. The van der Waals surface area contributed by atoms with Gasteiger partial charge in [-0.25, -0.2) is 0 Å². The zero-order chi connectivity index (χ0) is 14.8. The van der Waals surface area contributed by atoms with E-state index in [-0.39, 0.29) is 6.10 Å². The summed E-state index contributed by atoms with van der Waals surface area (Å²) in [4.78, 5) is 0. The Hall–Kier alpha value is -1.02. The molecule has 0 aliphatic carbocycles. The van der Waals surface area contributed by atoms with Crippen molar-refractivity contribution in [3.8, 4) is 5.75 Å². The van der Waals surface area contributed by atoms with E-state index in [0.717, 1.165) is 12.3 Å². The van der Waals surface area contributed by atoms with Crippen molar-refractivity contribution in [2.75, 3.05) is 0 Å². The average Bonchev–Trinajstić information content (AvgIpc) is 2.41. The maximum atomic E-state index is 5.73. The molecule has 114 valence electrons. The molecule has 2 nitrogen and oxygen atoms in total. The van der Waals surface area contributed by atoms with Crippen LogP contribution in [-0.2, 0) is 6.54 Å². The topological polar surface area (TPSA) is 21.3 Å². The largest absolute Gasteiger partial charge is 0.491 e. The maximum absolute atomic E-state index is 5.73. The third kappa shape index (κ3) is 7.54. The van der Waals surface area contributed by atoms with Crippen molar-refractivity contribution in [2.24, 2.45) is 0 Å². The fourth-order valence-electron chi connectivity index (χ4n) is 2.27. The van der Waals surface area contributed by atoms with Gasteiger partial charge in [0.2, 0.25) is 0 Å². The van der Waals surface area contributed by atoms with Crippen molar-refractivity contribution in [1.82, 2.24) is 5.32 Å². The van der Waals surface area contributed by atoms with Crippen LogP contribution in [0, 0.1) is 0 Å². The second kappa shape index (κ2) is 9.82. The SMILES string of the molecule is CCCCCCC(C)NCc1cccc(OC(C)C)c1. The van der Waals surface area contributed by atoms with Crippen molar-refractivity contribution in [2.45, 2.75) is 78.5 Å². The molecule has 1 rings (SSSR count). The molecule has 0 aromatic heterocycles. The quantitative estimate of drug-likeness (QED) is 0.613. The Kier molecular flexibility index (Phi) is 8.36. The van der Waals surface area contributed by atoms with E-state index in [4.69, 9.17) is 4.74 Å². The van der Waals surface area contributed by atoms with Crippen LogP contribution in [0.5, 0.6) is 5.75 Å². The first-order valence-corrected chi connectivity index (χ1v) is 8.10. The number of ether oxygens (including phenoxy) is 1. The van der Waals surface area contributed by atoms with Gasteiger partial charge in [-0.2, -0.15) is 0 Å². The molecular weight excluding hydrogens is 246 g/mol. The molecule has 1 atom stereocenters. The molecule has 0 heterocycles. The minimum absolute atomic E-state index is 0.232. The summed E-state index contributed by atoms with van der Waals surface area (Å²) in [5.74, 6) is 0.967. The lowest BCUT2D eigenvalue weighted by molar-refractivity contribution is 0.242. The van der Waals surface area contributed by atoms with Crippen molar-refractivity contribution in [3.63, 3.8) is 0 Å².